The van der Waals surface area contributed by atoms with Crippen molar-refractivity contribution in [2.45, 2.75) is 26.7 Å². The molecule has 0 aromatic heterocycles. The van der Waals surface area contributed by atoms with Crippen LogP contribution in [0, 0.1) is 5.92 Å². The molecule has 0 bridgehead atoms. The molecule has 0 fully saturated rings. The molecule has 0 aliphatic heterocycles. The molecule has 1 N–H and O–H groups in total. The Morgan fingerprint density at radius 1 is 1.00 bits per heavy atom. The van der Waals surface area contributed by atoms with Gasteiger partial charge in [0.2, 0.25) is 5.75 Å². The van der Waals surface area contributed by atoms with Gasteiger partial charge >= 0.3 is 0 Å². The van der Waals surface area contributed by atoms with E-state index >= 15 is 0 Å². The van der Waals surface area contributed by atoms with Crippen LogP contribution in [0.1, 0.15) is 25.0 Å². The van der Waals surface area contributed by atoms with Gasteiger partial charge in [0, 0.05) is 17.5 Å². The van der Waals surface area contributed by atoms with Crippen molar-refractivity contribution in [3.63, 3.8) is 0 Å². The lowest BCUT2D eigenvalue weighted by atomic mass is 9.96. The number of rotatable bonds is 7. The Morgan fingerprint density at radius 3 is 1.90 bits per heavy atom. The smallest absolute Gasteiger partial charge is 0.204 e. The molecule has 1 rings (SSSR count). The largest absolute Gasteiger partial charge is 0.507 e. The van der Waals surface area contributed by atoms with Crippen molar-refractivity contribution in [1.29, 1.82) is 0 Å². The number of aldehydes is 1. The van der Waals surface area contributed by atoms with Gasteiger partial charge in [-0.3, -0.25) is 0 Å². The van der Waals surface area contributed by atoms with Gasteiger partial charge in [0.15, 0.2) is 11.5 Å². The molecule has 0 aliphatic carbocycles. The number of aromatic hydroxyl groups is 1. The van der Waals surface area contributed by atoms with Crippen molar-refractivity contribution in [3.8, 4) is 23.0 Å². The van der Waals surface area contributed by atoms with Gasteiger partial charge in [-0.15, -0.1) is 0 Å². The zero-order chi connectivity index (χ0) is 15.3. The Balaban J connectivity index is 3.64. The lowest BCUT2D eigenvalue weighted by Gasteiger charge is -2.21. The van der Waals surface area contributed by atoms with Crippen molar-refractivity contribution < 1.29 is 24.1 Å². The van der Waals surface area contributed by atoms with Gasteiger partial charge in [-0.2, -0.15) is 0 Å². The predicted octanol–water partition coefficient (Wildman–Crippen LogP) is 2.36. The minimum absolute atomic E-state index is 0.0419. The van der Waals surface area contributed by atoms with Crippen molar-refractivity contribution in [2.75, 3.05) is 21.3 Å². The maximum absolute atomic E-state index is 10.8. The Hall–Kier alpha value is -1.91. The molecule has 5 nitrogen and oxygen atoms in total. The second kappa shape index (κ2) is 7.03. The van der Waals surface area contributed by atoms with Gasteiger partial charge in [0.25, 0.3) is 0 Å². The molecule has 1 aromatic carbocycles. The molecule has 1 aromatic rings. The quantitative estimate of drug-likeness (QED) is 0.778. The van der Waals surface area contributed by atoms with Crippen molar-refractivity contribution >= 4 is 6.29 Å². The molecule has 0 radical (unpaired) electrons. The topological polar surface area (TPSA) is 65.0 Å². The van der Waals surface area contributed by atoms with E-state index in [0.29, 0.717) is 40.7 Å². The Kier molecular flexibility index (Phi) is 5.67. The summed E-state index contributed by atoms with van der Waals surface area (Å²) in [6, 6.07) is 0. The highest BCUT2D eigenvalue weighted by atomic mass is 16.5. The van der Waals surface area contributed by atoms with Gasteiger partial charge < -0.3 is 24.1 Å². The average Bonchev–Trinajstić information content (AvgIpc) is 2.42. The first-order valence-electron chi connectivity index (χ1n) is 6.47. The lowest BCUT2D eigenvalue weighted by Crippen LogP contribution is -2.06. The number of ether oxygens (including phenoxy) is 3. The van der Waals surface area contributed by atoms with Gasteiger partial charge in [-0.05, 0) is 12.3 Å². The Labute approximate surface area is 119 Å². The van der Waals surface area contributed by atoms with Crippen molar-refractivity contribution in [1.82, 2.24) is 0 Å². The molecule has 0 spiro atoms. The molecule has 0 aliphatic rings. The first kappa shape index (κ1) is 16.1. The summed E-state index contributed by atoms with van der Waals surface area (Å²) >= 11 is 0. The summed E-state index contributed by atoms with van der Waals surface area (Å²) in [7, 11) is 4.48. The fourth-order valence-corrected chi connectivity index (χ4v) is 2.26. The lowest BCUT2D eigenvalue weighted by molar-refractivity contribution is -0.107. The van der Waals surface area contributed by atoms with Crippen LogP contribution in [0.25, 0.3) is 0 Å². The molecule has 0 heterocycles. The zero-order valence-electron chi connectivity index (χ0n) is 12.6. The summed E-state index contributed by atoms with van der Waals surface area (Å²) in [5.41, 5.74) is 1.06. The van der Waals surface area contributed by atoms with Crippen LogP contribution in [-0.2, 0) is 17.6 Å². The van der Waals surface area contributed by atoms with E-state index in [9.17, 15) is 9.90 Å². The maximum atomic E-state index is 10.8. The Morgan fingerprint density at radius 2 is 1.50 bits per heavy atom. The fraction of sp³-hybridized carbons (Fsp3) is 0.533. The summed E-state index contributed by atoms with van der Waals surface area (Å²) in [5.74, 6) is 1.55. The van der Waals surface area contributed by atoms with E-state index in [1.165, 1.54) is 21.3 Å². The van der Waals surface area contributed by atoms with Crippen LogP contribution in [0.4, 0.5) is 0 Å². The number of hydrogen-bond acceptors (Lipinski definition) is 5. The Bertz CT molecular complexity index is 480. The fourth-order valence-electron chi connectivity index (χ4n) is 2.26. The number of carbonyl (C=O) groups is 1. The third-order valence-corrected chi connectivity index (χ3v) is 3.04. The van der Waals surface area contributed by atoms with Crippen molar-refractivity contribution in [2.24, 2.45) is 5.92 Å². The number of methoxy groups -OCH3 is 3. The van der Waals surface area contributed by atoms with Gasteiger partial charge in [-0.1, -0.05) is 13.8 Å². The average molecular weight is 282 g/mol. The number of carbonyl (C=O) groups excluding carboxylic acids is 1. The summed E-state index contributed by atoms with van der Waals surface area (Å²) in [5, 5.41) is 10.4. The van der Waals surface area contributed by atoms with E-state index in [4.69, 9.17) is 14.2 Å². The summed E-state index contributed by atoms with van der Waals surface area (Å²) in [4.78, 5) is 10.8. The van der Waals surface area contributed by atoms with E-state index in [1.807, 2.05) is 13.8 Å². The second-order valence-electron chi connectivity index (χ2n) is 4.87. The first-order valence-corrected chi connectivity index (χ1v) is 6.47. The van der Waals surface area contributed by atoms with Crippen LogP contribution in [0.5, 0.6) is 23.0 Å². The van der Waals surface area contributed by atoms with Crippen LogP contribution in [0.15, 0.2) is 0 Å². The van der Waals surface area contributed by atoms with E-state index < -0.39 is 0 Å². The monoisotopic (exact) mass is 282 g/mol. The van der Waals surface area contributed by atoms with Crippen LogP contribution in [0.3, 0.4) is 0 Å². The minimum atomic E-state index is 0.0419. The van der Waals surface area contributed by atoms with Gasteiger partial charge in [0.05, 0.1) is 21.3 Å². The highest BCUT2D eigenvalue weighted by molar-refractivity contribution is 5.71. The van der Waals surface area contributed by atoms with E-state index in [2.05, 4.69) is 0 Å². The molecule has 5 heteroatoms. The molecule has 20 heavy (non-hydrogen) atoms. The number of benzene rings is 1. The number of hydrogen-bond donors (Lipinski definition) is 1. The molecule has 0 unspecified atom stereocenters. The van der Waals surface area contributed by atoms with Crippen LogP contribution in [-0.4, -0.2) is 32.7 Å². The standard InChI is InChI=1S/C15H22O5/c1-9(2)8-11-12(17)10(6-7-16)13(18-3)15(20-5)14(11)19-4/h7,9,17H,6,8H2,1-5H3. The summed E-state index contributed by atoms with van der Waals surface area (Å²) in [6.45, 7) is 4.07. The molecule has 0 amide bonds. The number of phenolic OH excluding ortho intramolecular Hbond substituents is 1. The minimum Gasteiger partial charge on any atom is -0.507 e. The molecular formula is C15H22O5. The predicted molar refractivity (Wildman–Crippen MR) is 76.1 cm³/mol. The number of phenols is 1. The van der Waals surface area contributed by atoms with Gasteiger partial charge in [0.1, 0.15) is 12.0 Å². The van der Waals surface area contributed by atoms with Crippen LogP contribution in [0.2, 0.25) is 0 Å². The highest BCUT2D eigenvalue weighted by Crippen LogP contribution is 2.49. The zero-order valence-corrected chi connectivity index (χ0v) is 12.6. The normalized spacial score (nSPS) is 10.5. The van der Waals surface area contributed by atoms with E-state index in [0.717, 1.165) is 6.29 Å². The SMILES string of the molecule is COc1c(CC=O)c(O)c(CC(C)C)c(OC)c1OC. The molecule has 112 valence electrons. The van der Waals surface area contributed by atoms with Crippen LogP contribution < -0.4 is 14.2 Å². The van der Waals surface area contributed by atoms with E-state index in [-0.39, 0.29) is 12.2 Å². The van der Waals surface area contributed by atoms with Gasteiger partial charge in [-0.25, -0.2) is 0 Å². The summed E-state index contributed by atoms with van der Waals surface area (Å²) in [6.07, 6.45) is 1.39. The third-order valence-electron chi connectivity index (χ3n) is 3.04. The van der Waals surface area contributed by atoms with Crippen LogP contribution >= 0.6 is 0 Å². The second-order valence-corrected chi connectivity index (χ2v) is 4.87. The molecule has 0 atom stereocenters. The molecular weight excluding hydrogens is 260 g/mol. The summed E-state index contributed by atoms with van der Waals surface area (Å²) < 4.78 is 16.0. The van der Waals surface area contributed by atoms with Crippen molar-refractivity contribution in [3.05, 3.63) is 11.1 Å². The first-order chi connectivity index (χ1) is 9.51. The maximum Gasteiger partial charge on any atom is 0.204 e. The highest BCUT2D eigenvalue weighted by Gasteiger charge is 2.26. The van der Waals surface area contributed by atoms with E-state index in [1.54, 1.807) is 0 Å². The third kappa shape index (κ3) is 2.98. The molecule has 0 saturated heterocycles. The molecule has 0 saturated carbocycles.